The maximum absolute atomic E-state index is 12.0. The van der Waals surface area contributed by atoms with E-state index >= 15 is 0 Å². The van der Waals surface area contributed by atoms with Crippen LogP contribution >= 0.6 is 0 Å². The highest BCUT2D eigenvalue weighted by atomic mass is 16.4. The van der Waals surface area contributed by atoms with Crippen molar-refractivity contribution in [1.29, 1.82) is 0 Å². The Bertz CT molecular complexity index is 526. The molecule has 0 saturated carbocycles. The molecule has 2 rings (SSSR count). The van der Waals surface area contributed by atoms with E-state index in [1.807, 2.05) is 0 Å². The van der Waals surface area contributed by atoms with Crippen molar-refractivity contribution in [1.82, 2.24) is 9.55 Å². The lowest BCUT2D eigenvalue weighted by Crippen LogP contribution is -2.48. The zero-order valence-electron chi connectivity index (χ0n) is 10.6. The Morgan fingerprint density at radius 2 is 2.28 bits per heavy atom. The van der Waals surface area contributed by atoms with Gasteiger partial charge in [0.1, 0.15) is 0 Å². The molecule has 6 nitrogen and oxygen atoms in total. The van der Waals surface area contributed by atoms with E-state index in [0.29, 0.717) is 25.3 Å². The Kier molecular flexibility index (Phi) is 3.11. The molecule has 1 aromatic rings. The number of aliphatic carboxylic acids is 1. The zero-order valence-corrected chi connectivity index (χ0v) is 10.6. The minimum absolute atomic E-state index is 0.188. The van der Waals surface area contributed by atoms with Crippen LogP contribution in [0.1, 0.15) is 19.8 Å². The highest BCUT2D eigenvalue weighted by molar-refractivity contribution is 5.75. The van der Waals surface area contributed by atoms with Crippen LogP contribution in [0.15, 0.2) is 17.2 Å². The van der Waals surface area contributed by atoms with E-state index in [1.54, 1.807) is 31.3 Å². The second-order valence-electron chi connectivity index (χ2n) is 5.06. The highest BCUT2D eigenvalue weighted by Gasteiger charge is 2.38. The fourth-order valence-electron chi connectivity index (χ4n) is 2.30. The van der Waals surface area contributed by atoms with E-state index in [-0.39, 0.29) is 5.56 Å². The molecule has 1 unspecified atom stereocenters. The minimum atomic E-state index is -0.819. The average molecular weight is 251 g/mol. The van der Waals surface area contributed by atoms with Crippen LogP contribution in [0.4, 0.5) is 5.82 Å². The Morgan fingerprint density at radius 1 is 1.56 bits per heavy atom. The van der Waals surface area contributed by atoms with E-state index in [0.717, 1.165) is 6.42 Å². The Morgan fingerprint density at radius 3 is 2.94 bits per heavy atom. The zero-order chi connectivity index (χ0) is 13.3. The molecule has 18 heavy (non-hydrogen) atoms. The highest BCUT2D eigenvalue weighted by Crippen LogP contribution is 2.30. The molecule has 1 aliphatic heterocycles. The quantitative estimate of drug-likeness (QED) is 0.827. The first-order valence-corrected chi connectivity index (χ1v) is 5.94. The van der Waals surface area contributed by atoms with Crippen molar-refractivity contribution < 1.29 is 9.90 Å². The number of aryl methyl sites for hydroxylation is 1. The standard InChI is InChI=1S/C12H17N3O3/c1-12(11(17)18)4-3-6-15(8-12)9-10(16)14(2)7-5-13-9/h5,7H,3-4,6,8H2,1-2H3,(H,17,18). The number of carboxylic acids is 1. The fraction of sp³-hybridized carbons (Fsp3) is 0.583. The summed E-state index contributed by atoms with van der Waals surface area (Å²) in [7, 11) is 1.66. The van der Waals surface area contributed by atoms with Gasteiger partial charge in [-0.15, -0.1) is 0 Å². The van der Waals surface area contributed by atoms with Gasteiger partial charge in [0.25, 0.3) is 5.56 Å². The number of rotatable bonds is 2. The van der Waals surface area contributed by atoms with Gasteiger partial charge in [0.15, 0.2) is 5.82 Å². The lowest BCUT2D eigenvalue weighted by atomic mass is 9.82. The molecule has 0 radical (unpaired) electrons. The molecule has 1 aliphatic rings. The first-order chi connectivity index (χ1) is 8.44. The van der Waals surface area contributed by atoms with Gasteiger partial charge >= 0.3 is 5.97 Å². The Hall–Kier alpha value is -1.85. The summed E-state index contributed by atoms with van der Waals surface area (Å²) < 4.78 is 1.45. The second kappa shape index (κ2) is 4.44. The smallest absolute Gasteiger partial charge is 0.311 e. The number of hydrogen-bond donors (Lipinski definition) is 1. The summed E-state index contributed by atoms with van der Waals surface area (Å²) in [6.07, 6.45) is 4.53. The molecule has 6 heteroatoms. The lowest BCUT2D eigenvalue weighted by molar-refractivity contribution is -0.148. The molecule has 98 valence electrons. The van der Waals surface area contributed by atoms with Crippen LogP contribution in [0.3, 0.4) is 0 Å². The predicted octanol–water partition coefficient (Wildman–Crippen LogP) is 0.471. The van der Waals surface area contributed by atoms with Crippen molar-refractivity contribution in [2.45, 2.75) is 19.8 Å². The maximum atomic E-state index is 12.0. The molecule has 1 aromatic heterocycles. The Labute approximate surface area is 105 Å². The molecule has 2 heterocycles. The van der Waals surface area contributed by atoms with E-state index in [1.165, 1.54) is 4.57 Å². The van der Waals surface area contributed by atoms with Gasteiger partial charge in [0.05, 0.1) is 5.41 Å². The number of aromatic nitrogens is 2. The van der Waals surface area contributed by atoms with Crippen molar-refractivity contribution >= 4 is 11.8 Å². The van der Waals surface area contributed by atoms with Crippen LogP contribution in [0.5, 0.6) is 0 Å². The third-order valence-corrected chi connectivity index (χ3v) is 3.51. The molecule has 0 aliphatic carbocycles. The van der Waals surface area contributed by atoms with Gasteiger partial charge < -0.3 is 14.6 Å². The van der Waals surface area contributed by atoms with Crippen LogP contribution in [0.25, 0.3) is 0 Å². The number of hydrogen-bond acceptors (Lipinski definition) is 4. The third kappa shape index (κ3) is 2.10. The van der Waals surface area contributed by atoms with Crippen molar-refractivity contribution in [3.05, 3.63) is 22.7 Å². The number of piperidine rings is 1. The predicted molar refractivity (Wildman–Crippen MR) is 66.7 cm³/mol. The maximum Gasteiger partial charge on any atom is 0.311 e. The van der Waals surface area contributed by atoms with E-state index in [2.05, 4.69) is 4.98 Å². The average Bonchev–Trinajstić information content (AvgIpc) is 2.32. The van der Waals surface area contributed by atoms with Crippen molar-refractivity contribution in [3.63, 3.8) is 0 Å². The van der Waals surface area contributed by atoms with Crippen LogP contribution in [-0.2, 0) is 11.8 Å². The monoisotopic (exact) mass is 251 g/mol. The molecule has 1 saturated heterocycles. The molecule has 1 atom stereocenters. The van der Waals surface area contributed by atoms with Crippen LogP contribution in [-0.4, -0.2) is 33.7 Å². The van der Waals surface area contributed by atoms with Gasteiger partial charge in [-0.3, -0.25) is 9.59 Å². The lowest BCUT2D eigenvalue weighted by Gasteiger charge is -2.37. The topological polar surface area (TPSA) is 75.4 Å². The van der Waals surface area contributed by atoms with Crippen LogP contribution < -0.4 is 10.5 Å². The van der Waals surface area contributed by atoms with Gasteiger partial charge in [-0.25, -0.2) is 4.98 Å². The molecule has 0 spiro atoms. The summed E-state index contributed by atoms with van der Waals surface area (Å²) >= 11 is 0. The number of carboxylic acid groups (broad SMARTS) is 1. The van der Waals surface area contributed by atoms with Crippen molar-refractivity contribution in [2.24, 2.45) is 12.5 Å². The van der Waals surface area contributed by atoms with Gasteiger partial charge in [0, 0.05) is 32.5 Å². The number of nitrogens with zero attached hydrogens (tertiary/aromatic N) is 3. The fourth-order valence-corrected chi connectivity index (χ4v) is 2.30. The number of anilines is 1. The summed E-state index contributed by atoms with van der Waals surface area (Å²) in [5, 5.41) is 9.26. The van der Waals surface area contributed by atoms with Gasteiger partial charge in [-0.2, -0.15) is 0 Å². The number of carbonyl (C=O) groups is 1. The first kappa shape index (κ1) is 12.6. The third-order valence-electron chi connectivity index (χ3n) is 3.51. The van der Waals surface area contributed by atoms with Crippen molar-refractivity contribution in [3.8, 4) is 0 Å². The van der Waals surface area contributed by atoms with Gasteiger partial charge in [-0.05, 0) is 19.8 Å². The van der Waals surface area contributed by atoms with E-state index in [4.69, 9.17) is 0 Å². The van der Waals surface area contributed by atoms with Gasteiger partial charge in [-0.1, -0.05) is 0 Å². The molecule has 0 bridgehead atoms. The molecule has 0 amide bonds. The summed E-state index contributed by atoms with van der Waals surface area (Å²) in [5.74, 6) is -0.480. The van der Waals surface area contributed by atoms with E-state index in [9.17, 15) is 14.7 Å². The second-order valence-corrected chi connectivity index (χ2v) is 5.06. The SMILES string of the molecule is Cn1ccnc(N2CCCC(C)(C(=O)O)C2)c1=O. The Balaban J connectivity index is 2.32. The molecule has 1 fully saturated rings. The molecule has 0 aromatic carbocycles. The van der Waals surface area contributed by atoms with Crippen molar-refractivity contribution in [2.75, 3.05) is 18.0 Å². The largest absolute Gasteiger partial charge is 0.481 e. The molecular formula is C12H17N3O3. The van der Waals surface area contributed by atoms with Gasteiger partial charge in [0.2, 0.25) is 0 Å². The molecule has 1 N–H and O–H groups in total. The summed E-state index contributed by atoms with van der Waals surface area (Å²) in [5.41, 5.74) is -0.993. The summed E-state index contributed by atoms with van der Waals surface area (Å²) in [6.45, 7) is 2.72. The molecular weight excluding hydrogens is 234 g/mol. The summed E-state index contributed by atoms with van der Waals surface area (Å²) in [4.78, 5) is 29.1. The summed E-state index contributed by atoms with van der Waals surface area (Å²) in [6, 6.07) is 0. The van der Waals surface area contributed by atoms with Crippen LogP contribution in [0.2, 0.25) is 0 Å². The normalized spacial score (nSPS) is 24.0. The van der Waals surface area contributed by atoms with E-state index < -0.39 is 11.4 Å². The minimum Gasteiger partial charge on any atom is -0.481 e. The van der Waals surface area contributed by atoms with Crippen LogP contribution in [0, 0.1) is 5.41 Å². The first-order valence-electron chi connectivity index (χ1n) is 5.94.